The highest BCUT2D eigenvalue weighted by atomic mass is 16.5. The third-order valence-electron chi connectivity index (χ3n) is 5.84. The molecular weight excluding hydrogens is 352 g/mol. The maximum absolute atomic E-state index is 5.95. The van der Waals surface area contributed by atoms with Gasteiger partial charge in [0.15, 0.2) is 5.96 Å². The molecule has 0 bridgehead atoms. The van der Waals surface area contributed by atoms with Gasteiger partial charge in [-0.05, 0) is 31.4 Å². The fraction of sp³-hybridized carbons (Fsp3) is 0.682. The highest BCUT2D eigenvalue weighted by molar-refractivity contribution is 5.80. The Morgan fingerprint density at radius 2 is 2.07 bits per heavy atom. The Bertz CT molecular complexity index is 595. The van der Waals surface area contributed by atoms with Crippen molar-refractivity contribution in [2.75, 3.05) is 60.1 Å². The summed E-state index contributed by atoms with van der Waals surface area (Å²) in [5.41, 5.74) is 1.24. The Morgan fingerprint density at radius 1 is 1.21 bits per heavy atom. The minimum absolute atomic E-state index is 0.576. The molecule has 2 aliphatic rings. The van der Waals surface area contributed by atoms with E-state index in [4.69, 9.17) is 9.47 Å². The first-order chi connectivity index (χ1) is 13.8. The number of nitrogens with zero attached hydrogens (tertiary/aromatic N) is 3. The maximum Gasteiger partial charge on any atom is 0.193 e. The molecule has 1 aromatic carbocycles. The third-order valence-corrected chi connectivity index (χ3v) is 5.84. The van der Waals surface area contributed by atoms with E-state index in [2.05, 4.69) is 44.4 Å². The van der Waals surface area contributed by atoms with Crippen LogP contribution in [0.25, 0.3) is 0 Å². The molecule has 1 N–H and O–H groups in total. The van der Waals surface area contributed by atoms with Gasteiger partial charge in [0.1, 0.15) is 0 Å². The fourth-order valence-electron chi connectivity index (χ4n) is 4.25. The van der Waals surface area contributed by atoms with Gasteiger partial charge in [-0.15, -0.1) is 0 Å². The molecule has 0 amide bonds. The molecule has 6 nitrogen and oxygen atoms in total. The third kappa shape index (κ3) is 6.19. The molecule has 3 rings (SSSR count). The summed E-state index contributed by atoms with van der Waals surface area (Å²) in [6, 6.07) is 11.0. The van der Waals surface area contributed by atoms with Crippen LogP contribution in [-0.4, -0.2) is 81.9 Å². The molecule has 2 saturated heterocycles. The predicted molar refractivity (Wildman–Crippen MR) is 114 cm³/mol. The SMILES string of the molecule is CN=C(NCC1CCCN1CCOC)N1CCC(COCc2ccccc2)C1. The summed E-state index contributed by atoms with van der Waals surface area (Å²) in [6.45, 7) is 7.55. The fourth-order valence-corrected chi connectivity index (χ4v) is 4.25. The second-order valence-electron chi connectivity index (χ2n) is 7.85. The van der Waals surface area contributed by atoms with E-state index in [-0.39, 0.29) is 0 Å². The molecule has 1 aromatic rings. The Balaban J connectivity index is 1.38. The van der Waals surface area contributed by atoms with Crippen molar-refractivity contribution in [2.24, 2.45) is 10.9 Å². The Labute approximate surface area is 169 Å². The average molecular weight is 389 g/mol. The molecule has 2 heterocycles. The number of ether oxygens (including phenoxy) is 2. The van der Waals surface area contributed by atoms with Crippen LogP contribution in [0.5, 0.6) is 0 Å². The lowest BCUT2D eigenvalue weighted by Crippen LogP contribution is -2.46. The first kappa shape index (κ1) is 21.1. The topological polar surface area (TPSA) is 49.3 Å². The summed E-state index contributed by atoms with van der Waals surface area (Å²) in [6.07, 6.45) is 3.70. The first-order valence-corrected chi connectivity index (χ1v) is 10.6. The van der Waals surface area contributed by atoms with Gasteiger partial charge in [-0.2, -0.15) is 0 Å². The zero-order valence-electron chi connectivity index (χ0n) is 17.5. The van der Waals surface area contributed by atoms with Crippen molar-refractivity contribution in [1.29, 1.82) is 0 Å². The molecule has 0 spiro atoms. The van der Waals surface area contributed by atoms with Crippen molar-refractivity contribution in [3.05, 3.63) is 35.9 Å². The zero-order chi connectivity index (χ0) is 19.6. The van der Waals surface area contributed by atoms with Gasteiger partial charge >= 0.3 is 0 Å². The molecular formula is C22H36N4O2. The van der Waals surface area contributed by atoms with Crippen molar-refractivity contribution in [3.63, 3.8) is 0 Å². The van der Waals surface area contributed by atoms with Gasteiger partial charge in [0.25, 0.3) is 0 Å². The number of methoxy groups -OCH3 is 1. The van der Waals surface area contributed by atoms with Crippen LogP contribution in [0.15, 0.2) is 35.3 Å². The predicted octanol–water partition coefficient (Wildman–Crippen LogP) is 2.21. The van der Waals surface area contributed by atoms with Gasteiger partial charge in [-0.25, -0.2) is 0 Å². The van der Waals surface area contributed by atoms with Crippen LogP contribution >= 0.6 is 0 Å². The summed E-state index contributed by atoms with van der Waals surface area (Å²) in [5, 5.41) is 3.61. The number of rotatable bonds is 9. The highest BCUT2D eigenvalue weighted by Crippen LogP contribution is 2.19. The van der Waals surface area contributed by atoms with Crippen LogP contribution < -0.4 is 5.32 Å². The number of guanidine groups is 1. The van der Waals surface area contributed by atoms with Crippen LogP contribution in [0.2, 0.25) is 0 Å². The van der Waals surface area contributed by atoms with E-state index >= 15 is 0 Å². The number of benzene rings is 1. The van der Waals surface area contributed by atoms with Crippen LogP contribution in [0.4, 0.5) is 0 Å². The second-order valence-corrected chi connectivity index (χ2v) is 7.85. The minimum Gasteiger partial charge on any atom is -0.383 e. The largest absolute Gasteiger partial charge is 0.383 e. The Morgan fingerprint density at radius 3 is 2.86 bits per heavy atom. The van der Waals surface area contributed by atoms with E-state index in [1.807, 2.05) is 13.1 Å². The van der Waals surface area contributed by atoms with Crippen molar-refractivity contribution >= 4 is 5.96 Å². The molecule has 6 heteroatoms. The molecule has 0 aromatic heterocycles. The van der Waals surface area contributed by atoms with Crippen LogP contribution in [0, 0.1) is 5.92 Å². The summed E-state index contributed by atoms with van der Waals surface area (Å²) >= 11 is 0. The molecule has 2 atom stereocenters. The quantitative estimate of drug-likeness (QED) is 0.519. The van der Waals surface area contributed by atoms with Crippen LogP contribution in [0.1, 0.15) is 24.8 Å². The number of likely N-dealkylation sites (tertiary alicyclic amines) is 2. The molecule has 2 unspecified atom stereocenters. The summed E-state index contributed by atoms with van der Waals surface area (Å²) in [5.74, 6) is 1.61. The van der Waals surface area contributed by atoms with Crippen molar-refractivity contribution in [2.45, 2.75) is 31.9 Å². The number of hydrogen-bond acceptors (Lipinski definition) is 4. The van der Waals surface area contributed by atoms with E-state index in [1.165, 1.54) is 31.4 Å². The van der Waals surface area contributed by atoms with Gasteiger partial charge in [0, 0.05) is 52.3 Å². The van der Waals surface area contributed by atoms with E-state index < -0.39 is 0 Å². The molecule has 0 saturated carbocycles. The minimum atomic E-state index is 0.576. The molecule has 28 heavy (non-hydrogen) atoms. The molecule has 2 aliphatic heterocycles. The van der Waals surface area contributed by atoms with Crippen LogP contribution in [-0.2, 0) is 16.1 Å². The van der Waals surface area contributed by atoms with Gasteiger partial charge in [0.05, 0.1) is 19.8 Å². The van der Waals surface area contributed by atoms with Gasteiger partial charge in [0.2, 0.25) is 0 Å². The van der Waals surface area contributed by atoms with E-state index in [0.29, 0.717) is 18.6 Å². The van der Waals surface area contributed by atoms with Crippen molar-refractivity contribution in [3.8, 4) is 0 Å². The number of hydrogen-bond donors (Lipinski definition) is 1. The number of nitrogens with one attached hydrogen (secondary N) is 1. The standard InChI is InChI=1S/C22H36N4O2/c1-23-22(24-15-21-9-6-11-25(21)13-14-27-2)26-12-10-20(16-26)18-28-17-19-7-4-3-5-8-19/h3-5,7-8,20-21H,6,9-18H2,1-2H3,(H,23,24). The van der Waals surface area contributed by atoms with Crippen molar-refractivity contribution < 1.29 is 9.47 Å². The lowest BCUT2D eigenvalue weighted by atomic mass is 10.1. The lowest BCUT2D eigenvalue weighted by molar-refractivity contribution is 0.0906. The average Bonchev–Trinajstić information content (AvgIpc) is 3.37. The first-order valence-electron chi connectivity index (χ1n) is 10.6. The van der Waals surface area contributed by atoms with E-state index in [9.17, 15) is 0 Å². The van der Waals surface area contributed by atoms with Crippen molar-refractivity contribution in [1.82, 2.24) is 15.1 Å². The van der Waals surface area contributed by atoms with E-state index in [1.54, 1.807) is 7.11 Å². The van der Waals surface area contributed by atoms with Gasteiger partial charge in [-0.1, -0.05) is 30.3 Å². The maximum atomic E-state index is 5.95. The Hall–Kier alpha value is -1.63. The molecule has 0 aliphatic carbocycles. The van der Waals surface area contributed by atoms with Gasteiger partial charge in [-0.3, -0.25) is 9.89 Å². The Kier molecular flexibility index (Phi) is 8.58. The van der Waals surface area contributed by atoms with Gasteiger partial charge < -0.3 is 19.7 Å². The smallest absolute Gasteiger partial charge is 0.193 e. The summed E-state index contributed by atoms with van der Waals surface area (Å²) in [4.78, 5) is 9.44. The zero-order valence-corrected chi connectivity index (χ0v) is 17.5. The normalized spacial score (nSPS) is 23.5. The second kappa shape index (κ2) is 11.4. The van der Waals surface area contributed by atoms with E-state index in [0.717, 1.165) is 45.4 Å². The summed E-state index contributed by atoms with van der Waals surface area (Å²) < 4.78 is 11.2. The molecule has 2 fully saturated rings. The number of aliphatic imine (C=N–C) groups is 1. The monoisotopic (exact) mass is 388 g/mol. The molecule has 0 radical (unpaired) electrons. The molecule has 156 valence electrons. The summed E-state index contributed by atoms with van der Waals surface area (Å²) in [7, 11) is 3.66. The lowest BCUT2D eigenvalue weighted by Gasteiger charge is -2.27. The van der Waals surface area contributed by atoms with Crippen LogP contribution in [0.3, 0.4) is 0 Å². The highest BCUT2D eigenvalue weighted by Gasteiger charge is 2.27.